The summed E-state index contributed by atoms with van der Waals surface area (Å²) in [7, 11) is 0. The van der Waals surface area contributed by atoms with E-state index in [1.165, 1.54) is 11.1 Å². The SMILES string of the molecule is Cc1cscc1CNC(=O)C(N)C(C)C. The summed E-state index contributed by atoms with van der Waals surface area (Å²) in [5, 5.41) is 6.98. The molecule has 0 aliphatic heterocycles. The Kier molecular flexibility index (Phi) is 4.29. The molecule has 0 saturated carbocycles. The highest BCUT2D eigenvalue weighted by Gasteiger charge is 2.16. The van der Waals surface area contributed by atoms with E-state index < -0.39 is 6.04 Å². The van der Waals surface area contributed by atoms with Gasteiger partial charge in [-0.3, -0.25) is 4.79 Å². The fourth-order valence-corrected chi connectivity index (χ4v) is 2.03. The van der Waals surface area contributed by atoms with Crippen molar-refractivity contribution in [3.8, 4) is 0 Å². The molecular weight excluding hydrogens is 208 g/mol. The molecule has 0 aromatic carbocycles. The molecule has 0 aliphatic rings. The first-order valence-corrected chi connectivity index (χ1v) is 6.01. The Hall–Kier alpha value is -0.870. The normalized spacial score (nSPS) is 12.9. The van der Waals surface area contributed by atoms with Crippen LogP contribution in [0.5, 0.6) is 0 Å². The second-order valence-electron chi connectivity index (χ2n) is 4.07. The quantitative estimate of drug-likeness (QED) is 0.820. The molecule has 1 unspecified atom stereocenters. The predicted octanol–water partition coefficient (Wildman–Crippen LogP) is 1.66. The summed E-state index contributed by atoms with van der Waals surface area (Å²) < 4.78 is 0. The summed E-state index contributed by atoms with van der Waals surface area (Å²) in [6, 6.07) is -0.413. The van der Waals surface area contributed by atoms with E-state index >= 15 is 0 Å². The summed E-state index contributed by atoms with van der Waals surface area (Å²) in [4.78, 5) is 11.6. The highest BCUT2D eigenvalue weighted by Crippen LogP contribution is 2.13. The minimum absolute atomic E-state index is 0.0735. The second-order valence-corrected chi connectivity index (χ2v) is 4.81. The van der Waals surface area contributed by atoms with Crippen LogP contribution in [0, 0.1) is 12.8 Å². The molecule has 1 atom stereocenters. The van der Waals surface area contributed by atoms with Crippen molar-refractivity contribution in [3.63, 3.8) is 0 Å². The van der Waals surface area contributed by atoms with E-state index in [2.05, 4.69) is 16.1 Å². The molecule has 1 aromatic rings. The predicted molar refractivity (Wildman–Crippen MR) is 63.7 cm³/mol. The third-order valence-corrected chi connectivity index (χ3v) is 3.35. The van der Waals surface area contributed by atoms with Crippen molar-refractivity contribution >= 4 is 17.2 Å². The van der Waals surface area contributed by atoms with Crippen LogP contribution in [0.1, 0.15) is 25.0 Å². The molecular formula is C11H18N2OS. The number of carbonyl (C=O) groups excluding carboxylic acids is 1. The van der Waals surface area contributed by atoms with Crippen molar-refractivity contribution in [1.29, 1.82) is 0 Å². The molecule has 84 valence electrons. The molecule has 1 heterocycles. The molecule has 1 aromatic heterocycles. The average Bonchev–Trinajstić information content (AvgIpc) is 2.59. The van der Waals surface area contributed by atoms with Crippen molar-refractivity contribution in [2.45, 2.75) is 33.4 Å². The number of hydrogen-bond acceptors (Lipinski definition) is 3. The van der Waals surface area contributed by atoms with Gasteiger partial charge in [0.1, 0.15) is 0 Å². The van der Waals surface area contributed by atoms with Gasteiger partial charge in [-0.25, -0.2) is 0 Å². The van der Waals surface area contributed by atoms with Gasteiger partial charge in [-0.05, 0) is 34.7 Å². The van der Waals surface area contributed by atoms with E-state index in [1.807, 2.05) is 20.8 Å². The van der Waals surface area contributed by atoms with Crippen molar-refractivity contribution in [2.24, 2.45) is 11.7 Å². The molecule has 0 aliphatic carbocycles. The number of thiophene rings is 1. The lowest BCUT2D eigenvalue weighted by atomic mass is 10.0. The first-order chi connectivity index (χ1) is 7.02. The van der Waals surface area contributed by atoms with E-state index in [9.17, 15) is 4.79 Å². The minimum Gasteiger partial charge on any atom is -0.351 e. The second kappa shape index (κ2) is 5.28. The largest absolute Gasteiger partial charge is 0.351 e. The molecule has 0 fully saturated rings. The topological polar surface area (TPSA) is 55.1 Å². The number of amides is 1. The number of hydrogen-bond donors (Lipinski definition) is 2. The van der Waals surface area contributed by atoms with Gasteiger partial charge in [-0.15, -0.1) is 0 Å². The fraction of sp³-hybridized carbons (Fsp3) is 0.545. The fourth-order valence-electron chi connectivity index (χ4n) is 1.17. The van der Waals surface area contributed by atoms with Crippen molar-refractivity contribution in [3.05, 3.63) is 21.9 Å². The van der Waals surface area contributed by atoms with E-state index in [1.54, 1.807) is 11.3 Å². The molecule has 4 heteroatoms. The first-order valence-electron chi connectivity index (χ1n) is 5.07. The Balaban J connectivity index is 2.44. The van der Waals surface area contributed by atoms with Crippen LogP contribution < -0.4 is 11.1 Å². The lowest BCUT2D eigenvalue weighted by molar-refractivity contribution is -0.123. The van der Waals surface area contributed by atoms with Gasteiger partial charge < -0.3 is 11.1 Å². The number of nitrogens with one attached hydrogen (secondary N) is 1. The summed E-state index contributed by atoms with van der Waals surface area (Å²) >= 11 is 1.65. The zero-order valence-electron chi connectivity index (χ0n) is 9.41. The van der Waals surface area contributed by atoms with E-state index in [0.717, 1.165) is 0 Å². The van der Waals surface area contributed by atoms with Gasteiger partial charge in [-0.2, -0.15) is 11.3 Å². The molecule has 1 rings (SSSR count). The summed E-state index contributed by atoms with van der Waals surface area (Å²) in [5.74, 6) is 0.101. The van der Waals surface area contributed by atoms with Crippen LogP contribution in [-0.4, -0.2) is 11.9 Å². The van der Waals surface area contributed by atoms with E-state index in [4.69, 9.17) is 5.73 Å². The minimum atomic E-state index is -0.413. The van der Waals surface area contributed by atoms with Gasteiger partial charge in [0.05, 0.1) is 6.04 Å². The summed E-state index contributed by atoms with van der Waals surface area (Å²) in [6.45, 7) is 6.51. The van der Waals surface area contributed by atoms with E-state index in [0.29, 0.717) is 6.54 Å². The maximum Gasteiger partial charge on any atom is 0.237 e. The van der Waals surface area contributed by atoms with Crippen LogP contribution in [-0.2, 0) is 11.3 Å². The van der Waals surface area contributed by atoms with Crippen LogP contribution in [0.25, 0.3) is 0 Å². The Morgan fingerprint density at radius 1 is 1.53 bits per heavy atom. The van der Waals surface area contributed by atoms with Gasteiger partial charge in [0.15, 0.2) is 0 Å². The summed E-state index contributed by atoms with van der Waals surface area (Å²) in [6.07, 6.45) is 0. The van der Waals surface area contributed by atoms with Crippen molar-refractivity contribution < 1.29 is 4.79 Å². The van der Waals surface area contributed by atoms with Gasteiger partial charge in [-0.1, -0.05) is 13.8 Å². The third-order valence-electron chi connectivity index (χ3n) is 2.44. The maximum atomic E-state index is 11.6. The molecule has 0 radical (unpaired) electrons. The van der Waals surface area contributed by atoms with Crippen LogP contribution in [0.4, 0.5) is 0 Å². The zero-order valence-corrected chi connectivity index (χ0v) is 10.2. The standard InChI is InChI=1S/C11H18N2OS/c1-7(2)10(12)11(14)13-4-9-6-15-5-8(9)3/h5-7,10H,4,12H2,1-3H3,(H,13,14). The zero-order chi connectivity index (χ0) is 11.4. The van der Waals surface area contributed by atoms with Crippen LogP contribution in [0.3, 0.4) is 0 Å². The average molecular weight is 226 g/mol. The third kappa shape index (κ3) is 3.32. The van der Waals surface area contributed by atoms with Gasteiger partial charge >= 0.3 is 0 Å². The monoisotopic (exact) mass is 226 g/mol. The van der Waals surface area contributed by atoms with Gasteiger partial charge in [0.2, 0.25) is 5.91 Å². The molecule has 0 spiro atoms. The van der Waals surface area contributed by atoms with Crippen molar-refractivity contribution in [2.75, 3.05) is 0 Å². The van der Waals surface area contributed by atoms with Gasteiger partial charge in [0.25, 0.3) is 0 Å². The highest BCUT2D eigenvalue weighted by molar-refractivity contribution is 7.08. The molecule has 3 nitrogen and oxygen atoms in total. The lowest BCUT2D eigenvalue weighted by Gasteiger charge is -2.15. The van der Waals surface area contributed by atoms with E-state index in [-0.39, 0.29) is 11.8 Å². The smallest absolute Gasteiger partial charge is 0.237 e. The van der Waals surface area contributed by atoms with Crippen LogP contribution >= 0.6 is 11.3 Å². The van der Waals surface area contributed by atoms with Crippen LogP contribution in [0.15, 0.2) is 10.8 Å². The molecule has 1 amide bonds. The van der Waals surface area contributed by atoms with Crippen LogP contribution in [0.2, 0.25) is 0 Å². The highest BCUT2D eigenvalue weighted by atomic mass is 32.1. The molecule has 0 bridgehead atoms. The summed E-state index contributed by atoms with van der Waals surface area (Å²) in [5.41, 5.74) is 8.12. The molecule has 15 heavy (non-hydrogen) atoms. The van der Waals surface area contributed by atoms with Crippen molar-refractivity contribution in [1.82, 2.24) is 5.32 Å². The number of carbonyl (C=O) groups is 1. The maximum absolute atomic E-state index is 11.6. The lowest BCUT2D eigenvalue weighted by Crippen LogP contribution is -2.43. The Labute approximate surface area is 94.7 Å². The Bertz CT molecular complexity index is 333. The number of nitrogens with two attached hydrogens (primary N) is 1. The molecule has 0 saturated heterocycles. The van der Waals surface area contributed by atoms with Gasteiger partial charge in [0, 0.05) is 6.54 Å². The number of rotatable bonds is 4. The Morgan fingerprint density at radius 3 is 2.67 bits per heavy atom. The first kappa shape index (κ1) is 12.2. The number of aryl methyl sites for hydroxylation is 1. The molecule has 3 N–H and O–H groups in total. The Morgan fingerprint density at radius 2 is 2.20 bits per heavy atom.